The number of rotatable bonds is 3. The van der Waals surface area contributed by atoms with E-state index in [1.54, 1.807) is 6.26 Å². The summed E-state index contributed by atoms with van der Waals surface area (Å²) in [6.07, 6.45) is 6.06. The van der Waals surface area contributed by atoms with Crippen LogP contribution in [0.5, 0.6) is 0 Å². The lowest BCUT2D eigenvalue weighted by Crippen LogP contribution is -2.18. The van der Waals surface area contributed by atoms with Crippen molar-refractivity contribution in [2.24, 2.45) is 10.9 Å². The number of hydrogen-bond donors (Lipinski definition) is 0. The molecule has 0 aliphatic heterocycles. The average Bonchev–Trinajstić information content (AvgIpc) is 2.50. The summed E-state index contributed by atoms with van der Waals surface area (Å²) in [6, 6.07) is 0. The Morgan fingerprint density at radius 2 is 2.42 bits per heavy atom. The van der Waals surface area contributed by atoms with E-state index in [-0.39, 0.29) is 12.0 Å². The summed E-state index contributed by atoms with van der Waals surface area (Å²) >= 11 is 0. The van der Waals surface area contributed by atoms with Gasteiger partial charge in [-0.2, -0.15) is 5.26 Å². The van der Waals surface area contributed by atoms with E-state index in [0.29, 0.717) is 6.54 Å². The predicted molar refractivity (Wildman–Crippen MR) is 40.8 cm³/mol. The van der Waals surface area contributed by atoms with Crippen molar-refractivity contribution in [3.8, 4) is 6.26 Å². The molecule has 0 amide bonds. The van der Waals surface area contributed by atoms with E-state index in [1.807, 2.05) is 0 Å². The van der Waals surface area contributed by atoms with Gasteiger partial charge < -0.3 is 4.74 Å². The van der Waals surface area contributed by atoms with Crippen LogP contribution in [-0.4, -0.2) is 18.7 Å². The maximum Gasteiger partial charge on any atom is 0.286 e. The second kappa shape index (κ2) is 4.53. The fourth-order valence-electron chi connectivity index (χ4n) is 1.59. The number of nitriles is 1. The van der Waals surface area contributed by atoms with Crippen molar-refractivity contribution in [3.05, 3.63) is 0 Å². The summed E-state index contributed by atoms with van der Waals surface area (Å²) < 4.78 is 4.83. The zero-order valence-corrected chi connectivity index (χ0v) is 6.69. The molecule has 2 unspecified atom stereocenters. The van der Waals surface area contributed by atoms with E-state index in [0.717, 1.165) is 19.3 Å². The monoisotopic (exact) mass is 166 g/mol. The van der Waals surface area contributed by atoms with E-state index < -0.39 is 0 Å². The quantitative estimate of drug-likeness (QED) is 0.357. The van der Waals surface area contributed by atoms with Gasteiger partial charge in [-0.05, 0) is 19.3 Å². The molecule has 0 aromatic heterocycles. The van der Waals surface area contributed by atoms with Crippen LogP contribution < -0.4 is 0 Å². The third-order valence-corrected chi connectivity index (χ3v) is 2.18. The Hall–Kier alpha value is -1.33. The van der Waals surface area contributed by atoms with Gasteiger partial charge in [0.05, 0.1) is 6.54 Å². The number of aliphatic imine (C=N–C) groups is 1. The molecule has 0 aromatic carbocycles. The van der Waals surface area contributed by atoms with Crippen molar-refractivity contribution in [2.45, 2.75) is 25.4 Å². The van der Waals surface area contributed by atoms with Gasteiger partial charge in [-0.3, -0.25) is 0 Å². The molecule has 64 valence electrons. The molecular formula is C8H10N2O2. The standard InChI is InChI=1S/C8H10N2O2/c9-5-12-8-3-1-2-7(8)4-10-6-11/h7-8H,1-4H2. The number of hydrogen-bond acceptors (Lipinski definition) is 4. The zero-order valence-electron chi connectivity index (χ0n) is 6.69. The molecule has 1 rings (SSSR count). The molecule has 0 spiro atoms. The minimum absolute atomic E-state index is 0.0351. The smallest absolute Gasteiger partial charge is 0.286 e. The summed E-state index contributed by atoms with van der Waals surface area (Å²) in [5, 5.41) is 8.29. The van der Waals surface area contributed by atoms with Crippen LogP contribution in [0, 0.1) is 17.4 Å². The fourth-order valence-corrected chi connectivity index (χ4v) is 1.59. The van der Waals surface area contributed by atoms with E-state index in [9.17, 15) is 4.79 Å². The Bertz CT molecular complexity index is 228. The fraction of sp³-hybridized carbons (Fsp3) is 0.750. The Morgan fingerprint density at radius 3 is 3.08 bits per heavy atom. The van der Waals surface area contributed by atoms with Crippen LogP contribution in [0.4, 0.5) is 0 Å². The van der Waals surface area contributed by atoms with E-state index in [1.165, 1.54) is 6.08 Å². The molecule has 1 aliphatic rings. The first-order chi connectivity index (χ1) is 5.88. The molecule has 4 nitrogen and oxygen atoms in total. The SMILES string of the molecule is N#COC1CCCC1CN=C=O. The highest BCUT2D eigenvalue weighted by molar-refractivity contribution is 5.32. The first-order valence-electron chi connectivity index (χ1n) is 3.97. The molecule has 1 aliphatic carbocycles. The van der Waals surface area contributed by atoms with Crippen LogP contribution in [0.2, 0.25) is 0 Å². The molecule has 0 aromatic rings. The molecule has 0 N–H and O–H groups in total. The van der Waals surface area contributed by atoms with Gasteiger partial charge in [-0.15, -0.1) is 0 Å². The molecule has 0 radical (unpaired) electrons. The van der Waals surface area contributed by atoms with E-state index >= 15 is 0 Å². The number of ether oxygens (including phenoxy) is 1. The third kappa shape index (κ3) is 2.08. The van der Waals surface area contributed by atoms with E-state index in [4.69, 9.17) is 10.00 Å². The highest BCUT2D eigenvalue weighted by Gasteiger charge is 2.28. The lowest BCUT2D eigenvalue weighted by atomic mass is 10.1. The van der Waals surface area contributed by atoms with Gasteiger partial charge in [0.1, 0.15) is 6.10 Å². The Labute approximate surface area is 70.9 Å². The number of carbonyl (C=O) groups excluding carboxylic acids is 1. The van der Waals surface area contributed by atoms with E-state index in [2.05, 4.69) is 4.99 Å². The second-order valence-electron chi connectivity index (χ2n) is 2.87. The predicted octanol–water partition coefficient (Wildman–Crippen LogP) is 0.989. The summed E-state index contributed by atoms with van der Waals surface area (Å²) in [5.41, 5.74) is 0. The van der Waals surface area contributed by atoms with Gasteiger partial charge in [-0.1, -0.05) is 0 Å². The van der Waals surface area contributed by atoms with Crippen molar-refractivity contribution >= 4 is 6.08 Å². The molecule has 0 bridgehead atoms. The first-order valence-corrected chi connectivity index (χ1v) is 3.97. The third-order valence-electron chi connectivity index (χ3n) is 2.18. The number of nitrogens with zero attached hydrogens (tertiary/aromatic N) is 2. The molecule has 1 saturated carbocycles. The largest absolute Gasteiger partial charge is 0.424 e. The van der Waals surface area contributed by atoms with Gasteiger partial charge in [0.2, 0.25) is 6.08 Å². The summed E-state index contributed by atoms with van der Waals surface area (Å²) in [4.78, 5) is 13.3. The minimum atomic E-state index is -0.0351. The highest BCUT2D eigenvalue weighted by Crippen LogP contribution is 2.28. The Kier molecular flexibility index (Phi) is 3.31. The van der Waals surface area contributed by atoms with Crippen LogP contribution in [0.15, 0.2) is 4.99 Å². The van der Waals surface area contributed by atoms with Crippen LogP contribution in [-0.2, 0) is 9.53 Å². The van der Waals surface area contributed by atoms with Crippen LogP contribution >= 0.6 is 0 Å². The van der Waals surface area contributed by atoms with Gasteiger partial charge >= 0.3 is 0 Å². The Balaban J connectivity index is 2.41. The van der Waals surface area contributed by atoms with Gasteiger partial charge in [0.15, 0.2) is 0 Å². The molecule has 12 heavy (non-hydrogen) atoms. The summed E-state index contributed by atoms with van der Waals surface area (Å²) in [7, 11) is 0. The molecule has 0 heterocycles. The Morgan fingerprint density at radius 1 is 1.58 bits per heavy atom. The highest BCUT2D eigenvalue weighted by atomic mass is 16.5. The van der Waals surface area contributed by atoms with Gasteiger partial charge in [0, 0.05) is 5.92 Å². The summed E-state index contributed by atoms with van der Waals surface area (Å²) in [6.45, 7) is 0.440. The van der Waals surface area contributed by atoms with Crippen LogP contribution in [0.3, 0.4) is 0 Å². The topological polar surface area (TPSA) is 62.4 Å². The molecule has 1 fully saturated rings. The molecule has 2 atom stereocenters. The van der Waals surface area contributed by atoms with Crippen molar-refractivity contribution in [2.75, 3.05) is 6.54 Å². The molecule has 0 saturated heterocycles. The zero-order chi connectivity index (χ0) is 8.81. The van der Waals surface area contributed by atoms with Gasteiger partial charge in [-0.25, -0.2) is 9.79 Å². The number of isocyanates is 1. The van der Waals surface area contributed by atoms with Crippen LogP contribution in [0.25, 0.3) is 0 Å². The normalized spacial score (nSPS) is 27.2. The van der Waals surface area contributed by atoms with Crippen molar-refractivity contribution in [3.63, 3.8) is 0 Å². The van der Waals surface area contributed by atoms with Crippen molar-refractivity contribution in [1.29, 1.82) is 5.26 Å². The van der Waals surface area contributed by atoms with Crippen molar-refractivity contribution in [1.82, 2.24) is 0 Å². The second-order valence-corrected chi connectivity index (χ2v) is 2.87. The average molecular weight is 166 g/mol. The molecular weight excluding hydrogens is 156 g/mol. The van der Waals surface area contributed by atoms with Crippen molar-refractivity contribution < 1.29 is 9.53 Å². The first kappa shape index (κ1) is 8.76. The summed E-state index contributed by atoms with van der Waals surface area (Å²) in [5.74, 6) is 0.228. The maximum absolute atomic E-state index is 9.83. The minimum Gasteiger partial charge on any atom is -0.424 e. The van der Waals surface area contributed by atoms with Crippen LogP contribution in [0.1, 0.15) is 19.3 Å². The van der Waals surface area contributed by atoms with Gasteiger partial charge in [0.25, 0.3) is 6.26 Å². The molecule has 4 heteroatoms. The maximum atomic E-state index is 9.83. The lowest BCUT2D eigenvalue weighted by molar-refractivity contribution is 0.126. The lowest BCUT2D eigenvalue weighted by Gasteiger charge is -2.12.